The summed E-state index contributed by atoms with van der Waals surface area (Å²) in [5, 5.41) is 36.8. The summed E-state index contributed by atoms with van der Waals surface area (Å²) >= 11 is 0. The van der Waals surface area contributed by atoms with Crippen molar-refractivity contribution in [2.75, 3.05) is 6.61 Å². The van der Waals surface area contributed by atoms with Gasteiger partial charge in [-0.3, -0.25) is 0 Å². The van der Waals surface area contributed by atoms with Gasteiger partial charge in [0.05, 0.1) is 12.6 Å². The zero-order valence-corrected chi connectivity index (χ0v) is 9.26. The highest BCUT2D eigenvalue weighted by Gasteiger charge is 2.44. The molecule has 100 valence electrons. The number of aliphatic hydroxyl groups excluding tert-OH is 3. The van der Waals surface area contributed by atoms with Gasteiger partial charge in [-0.15, -0.1) is 0 Å². The molecule has 1 aliphatic heterocycles. The lowest BCUT2D eigenvalue weighted by Gasteiger charge is -2.41. The van der Waals surface area contributed by atoms with Crippen LogP contribution in [0.4, 0.5) is 0 Å². The van der Waals surface area contributed by atoms with Gasteiger partial charge in [0.1, 0.15) is 18.3 Å². The van der Waals surface area contributed by atoms with Crippen LogP contribution in [0.3, 0.4) is 0 Å². The van der Waals surface area contributed by atoms with Crippen LogP contribution in [-0.2, 0) is 14.3 Å². The van der Waals surface area contributed by atoms with Crippen LogP contribution in [0.25, 0.3) is 0 Å². The van der Waals surface area contributed by atoms with Gasteiger partial charge in [0.25, 0.3) is 0 Å². The van der Waals surface area contributed by atoms with E-state index in [1.807, 2.05) is 0 Å². The van der Waals surface area contributed by atoms with Crippen molar-refractivity contribution in [1.29, 1.82) is 0 Å². The molecule has 17 heavy (non-hydrogen) atoms. The molecule has 6 N–H and O–H groups in total. The molecule has 1 heterocycles. The first-order valence-corrected chi connectivity index (χ1v) is 5.14. The monoisotopic (exact) mass is 251 g/mol. The van der Waals surface area contributed by atoms with Gasteiger partial charge in [-0.25, -0.2) is 4.79 Å². The van der Waals surface area contributed by atoms with Crippen LogP contribution in [0.5, 0.6) is 0 Å². The standard InChI is InChI=1S/C9H17NO7/c1-3(8(13)14)16-7-5(10)9(15)17-4(2-11)6(7)12/h3-7,9,11-12,15H,2,10H2,1H3,(H,13,14)/t3-,4-,5-,6-,7-,9?/m0/s1. The average Bonchev–Trinajstić information content (AvgIpc) is 2.28. The first-order chi connectivity index (χ1) is 7.88. The van der Waals surface area contributed by atoms with Gasteiger partial charge in [0, 0.05) is 0 Å². The molecule has 1 fully saturated rings. The van der Waals surface area contributed by atoms with Crippen LogP contribution >= 0.6 is 0 Å². The van der Waals surface area contributed by atoms with E-state index in [0.717, 1.165) is 0 Å². The molecule has 0 saturated carbocycles. The molecule has 0 bridgehead atoms. The quantitative estimate of drug-likeness (QED) is 0.361. The first kappa shape index (κ1) is 14.3. The topological polar surface area (TPSA) is 142 Å². The second kappa shape index (κ2) is 5.71. The minimum atomic E-state index is -1.43. The molecule has 0 radical (unpaired) electrons. The molecule has 6 atom stereocenters. The maximum atomic E-state index is 10.6. The number of nitrogens with two attached hydrogens (primary N) is 1. The number of aliphatic hydroxyl groups is 3. The minimum Gasteiger partial charge on any atom is -0.479 e. The van der Waals surface area contributed by atoms with Crippen molar-refractivity contribution in [2.24, 2.45) is 5.73 Å². The van der Waals surface area contributed by atoms with Crippen molar-refractivity contribution >= 4 is 5.97 Å². The molecular weight excluding hydrogens is 234 g/mol. The number of carbonyl (C=O) groups is 1. The molecule has 1 rings (SSSR count). The first-order valence-electron chi connectivity index (χ1n) is 5.14. The number of rotatable bonds is 4. The molecule has 0 aromatic heterocycles. The molecule has 0 amide bonds. The van der Waals surface area contributed by atoms with Crippen LogP contribution in [0.1, 0.15) is 6.92 Å². The molecule has 0 aromatic rings. The molecule has 0 spiro atoms. The largest absolute Gasteiger partial charge is 0.479 e. The number of hydrogen-bond donors (Lipinski definition) is 5. The highest BCUT2D eigenvalue weighted by Crippen LogP contribution is 2.22. The minimum absolute atomic E-state index is 0.535. The Kier molecular flexibility index (Phi) is 4.80. The molecule has 1 aliphatic rings. The van der Waals surface area contributed by atoms with Crippen LogP contribution in [-0.4, -0.2) is 69.8 Å². The SMILES string of the molecule is C[C@H](O[C@@H]1[C@@H](O)[C@H](CO)OC(O)[C@H]1N)C(=O)O. The van der Waals surface area contributed by atoms with Gasteiger partial charge in [0.15, 0.2) is 12.4 Å². The fraction of sp³-hybridized carbons (Fsp3) is 0.889. The molecule has 0 aliphatic carbocycles. The smallest absolute Gasteiger partial charge is 0.332 e. The summed E-state index contributed by atoms with van der Waals surface area (Å²) in [6.45, 7) is 0.740. The van der Waals surface area contributed by atoms with Gasteiger partial charge >= 0.3 is 5.97 Å². The van der Waals surface area contributed by atoms with E-state index in [9.17, 15) is 15.0 Å². The zero-order valence-electron chi connectivity index (χ0n) is 9.26. The lowest BCUT2D eigenvalue weighted by Crippen LogP contribution is -2.63. The lowest BCUT2D eigenvalue weighted by molar-refractivity contribution is -0.262. The van der Waals surface area contributed by atoms with E-state index in [0.29, 0.717) is 0 Å². The van der Waals surface area contributed by atoms with Gasteiger partial charge in [-0.1, -0.05) is 0 Å². The number of aliphatic carboxylic acids is 1. The summed E-state index contributed by atoms with van der Waals surface area (Å²) in [7, 11) is 0. The summed E-state index contributed by atoms with van der Waals surface area (Å²) in [5.41, 5.74) is 5.54. The summed E-state index contributed by atoms with van der Waals surface area (Å²) in [5.74, 6) is -1.22. The molecule has 1 saturated heterocycles. The maximum absolute atomic E-state index is 10.6. The Labute approximate surface area is 97.6 Å². The van der Waals surface area contributed by atoms with Crippen molar-refractivity contribution in [1.82, 2.24) is 0 Å². The Morgan fingerprint density at radius 2 is 2.12 bits per heavy atom. The average molecular weight is 251 g/mol. The summed E-state index contributed by atoms with van der Waals surface area (Å²) < 4.78 is 9.89. The molecule has 8 heteroatoms. The molecule has 1 unspecified atom stereocenters. The fourth-order valence-electron chi connectivity index (χ4n) is 1.57. The summed E-state index contributed by atoms with van der Waals surface area (Å²) in [6, 6.07) is -1.09. The number of hydrogen-bond acceptors (Lipinski definition) is 7. The van der Waals surface area contributed by atoms with Gasteiger partial charge in [-0.05, 0) is 6.92 Å². The molecular formula is C9H17NO7. The zero-order chi connectivity index (χ0) is 13.2. The number of carboxylic acids is 1. The van der Waals surface area contributed by atoms with E-state index in [1.54, 1.807) is 0 Å². The van der Waals surface area contributed by atoms with Gasteiger partial charge < -0.3 is 35.6 Å². The van der Waals surface area contributed by atoms with Crippen molar-refractivity contribution in [2.45, 2.75) is 43.7 Å². The van der Waals surface area contributed by atoms with E-state index in [2.05, 4.69) is 0 Å². The van der Waals surface area contributed by atoms with Crippen LogP contribution in [0, 0.1) is 0 Å². The van der Waals surface area contributed by atoms with Crippen LogP contribution < -0.4 is 5.73 Å². The van der Waals surface area contributed by atoms with Crippen LogP contribution in [0.2, 0.25) is 0 Å². The maximum Gasteiger partial charge on any atom is 0.332 e. The highest BCUT2D eigenvalue weighted by atomic mass is 16.6. The molecule has 0 aromatic carbocycles. The number of ether oxygens (including phenoxy) is 2. The predicted octanol–water partition coefficient (Wildman–Crippen LogP) is -2.76. The van der Waals surface area contributed by atoms with E-state index in [1.165, 1.54) is 6.92 Å². The Hall–Kier alpha value is -0.770. The van der Waals surface area contributed by atoms with E-state index < -0.39 is 49.3 Å². The van der Waals surface area contributed by atoms with Gasteiger partial charge in [-0.2, -0.15) is 0 Å². The summed E-state index contributed by atoms with van der Waals surface area (Å²) in [4.78, 5) is 10.6. The third kappa shape index (κ3) is 3.12. The van der Waals surface area contributed by atoms with E-state index >= 15 is 0 Å². The lowest BCUT2D eigenvalue weighted by atomic mass is 9.97. The fourth-order valence-corrected chi connectivity index (χ4v) is 1.57. The molecule has 8 nitrogen and oxygen atoms in total. The second-order valence-corrected chi connectivity index (χ2v) is 3.90. The van der Waals surface area contributed by atoms with E-state index in [4.69, 9.17) is 25.4 Å². The Bertz CT molecular complexity index is 274. The normalized spacial score (nSPS) is 39.9. The van der Waals surface area contributed by atoms with E-state index in [-0.39, 0.29) is 0 Å². The predicted molar refractivity (Wildman–Crippen MR) is 53.9 cm³/mol. The van der Waals surface area contributed by atoms with Crippen LogP contribution in [0.15, 0.2) is 0 Å². The Balaban J connectivity index is 2.74. The Morgan fingerprint density at radius 1 is 1.53 bits per heavy atom. The summed E-state index contributed by atoms with van der Waals surface area (Å²) in [6.07, 6.45) is -6.11. The highest BCUT2D eigenvalue weighted by molar-refractivity contribution is 5.71. The second-order valence-electron chi connectivity index (χ2n) is 3.90. The van der Waals surface area contributed by atoms with Crippen molar-refractivity contribution in [3.05, 3.63) is 0 Å². The third-order valence-electron chi connectivity index (χ3n) is 2.63. The number of carboxylic acid groups (broad SMARTS) is 1. The Morgan fingerprint density at radius 3 is 2.59 bits per heavy atom. The van der Waals surface area contributed by atoms with Crippen molar-refractivity contribution < 1.29 is 34.7 Å². The third-order valence-corrected chi connectivity index (χ3v) is 2.63. The van der Waals surface area contributed by atoms with Gasteiger partial charge in [0.2, 0.25) is 0 Å². The van der Waals surface area contributed by atoms with Crippen molar-refractivity contribution in [3.63, 3.8) is 0 Å². The van der Waals surface area contributed by atoms with Crippen molar-refractivity contribution in [3.8, 4) is 0 Å².